The maximum Gasteiger partial charge on any atom is 0.221 e. The lowest BCUT2D eigenvalue weighted by Gasteiger charge is -2.07. The van der Waals surface area contributed by atoms with Crippen molar-refractivity contribution in [3.8, 4) is 17.6 Å². The molecule has 0 atom stereocenters. The highest BCUT2D eigenvalue weighted by Gasteiger charge is 2.10. The van der Waals surface area contributed by atoms with Crippen molar-refractivity contribution in [2.45, 2.75) is 33.1 Å². The summed E-state index contributed by atoms with van der Waals surface area (Å²) in [6, 6.07) is 7.81. The number of carbonyl (C=O) groups is 1. The van der Waals surface area contributed by atoms with Crippen molar-refractivity contribution < 1.29 is 14.1 Å². The highest BCUT2D eigenvalue weighted by molar-refractivity contribution is 5.76. The van der Waals surface area contributed by atoms with Crippen molar-refractivity contribution in [2.24, 2.45) is 0 Å². The van der Waals surface area contributed by atoms with Gasteiger partial charge in [-0.25, -0.2) is 0 Å². The molecular weight excluding hydrogens is 328 g/mol. The van der Waals surface area contributed by atoms with Crippen LogP contribution in [0.5, 0.6) is 5.75 Å². The van der Waals surface area contributed by atoms with Gasteiger partial charge in [0.25, 0.3) is 0 Å². The van der Waals surface area contributed by atoms with Crippen LogP contribution in [0.4, 0.5) is 0 Å². The molecule has 2 rings (SSSR count). The Morgan fingerprint density at radius 1 is 1.35 bits per heavy atom. The minimum Gasteiger partial charge on any atom is -0.481 e. The third-order valence-corrected chi connectivity index (χ3v) is 3.92. The van der Waals surface area contributed by atoms with Crippen molar-refractivity contribution in [3.63, 3.8) is 0 Å². The van der Waals surface area contributed by atoms with Gasteiger partial charge >= 0.3 is 0 Å². The van der Waals surface area contributed by atoms with Crippen LogP contribution in [0.1, 0.15) is 29.0 Å². The number of nitrogens with one attached hydrogen (secondary N) is 1. The summed E-state index contributed by atoms with van der Waals surface area (Å²) in [4.78, 5) is 11.9. The number of allylic oxidation sites excluding steroid dienone is 1. The first-order valence-corrected chi connectivity index (χ1v) is 8.57. The van der Waals surface area contributed by atoms with Gasteiger partial charge in [0.1, 0.15) is 18.1 Å². The Labute approximate surface area is 154 Å². The molecule has 136 valence electrons. The molecule has 0 saturated carbocycles. The number of para-hydroxylation sites is 1. The highest BCUT2D eigenvalue weighted by atomic mass is 16.5. The number of benzene rings is 1. The SMILES string of the molecule is C=CCc1ccccc1OCC#CCNC(=O)CCc1c(C)noc1C. The van der Waals surface area contributed by atoms with Gasteiger partial charge in [-0.2, -0.15) is 0 Å². The summed E-state index contributed by atoms with van der Waals surface area (Å²) in [7, 11) is 0. The van der Waals surface area contributed by atoms with Crippen molar-refractivity contribution in [1.29, 1.82) is 0 Å². The summed E-state index contributed by atoms with van der Waals surface area (Å²) >= 11 is 0. The van der Waals surface area contributed by atoms with E-state index in [1.54, 1.807) is 0 Å². The largest absolute Gasteiger partial charge is 0.481 e. The number of nitrogens with zero attached hydrogens (tertiary/aromatic N) is 1. The highest BCUT2D eigenvalue weighted by Crippen LogP contribution is 2.18. The van der Waals surface area contributed by atoms with Gasteiger partial charge in [-0.1, -0.05) is 41.3 Å². The second-order valence-corrected chi connectivity index (χ2v) is 5.82. The Kier molecular flexibility index (Phi) is 7.50. The van der Waals surface area contributed by atoms with Crippen molar-refractivity contribution >= 4 is 5.91 Å². The van der Waals surface area contributed by atoms with Crippen LogP contribution in [-0.4, -0.2) is 24.2 Å². The molecule has 2 aromatic rings. The van der Waals surface area contributed by atoms with Gasteiger partial charge in [-0.3, -0.25) is 4.79 Å². The molecule has 1 N–H and O–H groups in total. The number of hydrogen-bond acceptors (Lipinski definition) is 4. The molecule has 1 aromatic heterocycles. The van der Waals surface area contributed by atoms with E-state index in [1.165, 1.54) is 0 Å². The lowest BCUT2D eigenvalue weighted by Crippen LogP contribution is -2.24. The van der Waals surface area contributed by atoms with Crippen LogP contribution in [0.3, 0.4) is 0 Å². The summed E-state index contributed by atoms with van der Waals surface area (Å²) < 4.78 is 10.8. The van der Waals surface area contributed by atoms with Crippen molar-refractivity contribution in [2.75, 3.05) is 13.2 Å². The molecule has 0 saturated heterocycles. The molecule has 0 radical (unpaired) electrons. The first kappa shape index (κ1) is 19.3. The fourth-order valence-electron chi connectivity index (χ4n) is 2.52. The van der Waals surface area contributed by atoms with E-state index in [0.717, 1.165) is 34.8 Å². The summed E-state index contributed by atoms with van der Waals surface area (Å²) in [6.07, 6.45) is 3.59. The zero-order valence-electron chi connectivity index (χ0n) is 15.3. The number of hydrogen-bond donors (Lipinski definition) is 1. The van der Waals surface area contributed by atoms with Crippen LogP contribution in [0, 0.1) is 25.7 Å². The minimum atomic E-state index is -0.0449. The lowest BCUT2D eigenvalue weighted by atomic mass is 10.1. The molecule has 0 unspecified atom stereocenters. The lowest BCUT2D eigenvalue weighted by molar-refractivity contribution is -0.120. The molecule has 5 heteroatoms. The predicted molar refractivity (Wildman–Crippen MR) is 101 cm³/mol. The van der Waals surface area contributed by atoms with Crippen molar-refractivity contribution in [1.82, 2.24) is 10.5 Å². The van der Waals surface area contributed by atoms with Crippen LogP contribution in [0.15, 0.2) is 41.4 Å². The standard InChI is InChI=1S/C21H24N2O3/c1-4-9-18-10-5-6-11-20(18)25-15-8-7-14-22-21(24)13-12-19-16(2)23-26-17(19)3/h4-6,10-11H,1,9,12-15H2,2-3H3,(H,22,24). The van der Waals surface area contributed by atoms with Crippen LogP contribution in [0.2, 0.25) is 0 Å². The van der Waals surface area contributed by atoms with Crippen LogP contribution < -0.4 is 10.1 Å². The van der Waals surface area contributed by atoms with Gasteiger partial charge in [-0.15, -0.1) is 6.58 Å². The molecule has 1 amide bonds. The first-order chi connectivity index (χ1) is 12.6. The van der Waals surface area contributed by atoms with Crippen molar-refractivity contribution in [3.05, 3.63) is 59.5 Å². The van der Waals surface area contributed by atoms with E-state index in [0.29, 0.717) is 19.4 Å². The summed E-state index contributed by atoms with van der Waals surface area (Å²) in [6.45, 7) is 8.06. The second kappa shape index (κ2) is 10.1. The van der Waals surface area contributed by atoms with E-state index in [-0.39, 0.29) is 12.5 Å². The minimum absolute atomic E-state index is 0.0449. The number of carbonyl (C=O) groups excluding carboxylic acids is 1. The Hall–Kier alpha value is -3.00. The predicted octanol–water partition coefficient (Wildman–Crippen LogP) is 3.15. The molecule has 0 aliphatic rings. The number of amides is 1. The van der Waals surface area contributed by atoms with Crippen LogP contribution in [-0.2, 0) is 17.6 Å². The van der Waals surface area contributed by atoms with Crippen LogP contribution >= 0.6 is 0 Å². The molecule has 1 heterocycles. The third kappa shape index (κ3) is 5.82. The number of aryl methyl sites for hydroxylation is 2. The first-order valence-electron chi connectivity index (χ1n) is 8.57. The number of aromatic nitrogens is 1. The fourth-order valence-corrected chi connectivity index (χ4v) is 2.52. The molecule has 5 nitrogen and oxygen atoms in total. The number of ether oxygens (including phenoxy) is 1. The van der Waals surface area contributed by atoms with Crippen LogP contribution in [0.25, 0.3) is 0 Å². The smallest absolute Gasteiger partial charge is 0.221 e. The average molecular weight is 352 g/mol. The monoisotopic (exact) mass is 352 g/mol. The third-order valence-electron chi connectivity index (χ3n) is 3.92. The van der Waals surface area contributed by atoms with Gasteiger partial charge in [-0.05, 0) is 38.3 Å². The fraction of sp³-hybridized carbons (Fsp3) is 0.333. The zero-order chi connectivity index (χ0) is 18.8. The van der Waals surface area contributed by atoms with E-state index in [1.807, 2.05) is 44.2 Å². The molecule has 0 aliphatic carbocycles. The van der Waals surface area contributed by atoms with E-state index in [4.69, 9.17) is 9.26 Å². The topological polar surface area (TPSA) is 64.4 Å². The maximum atomic E-state index is 11.9. The number of rotatable bonds is 8. The summed E-state index contributed by atoms with van der Waals surface area (Å²) in [5.74, 6) is 7.34. The Morgan fingerprint density at radius 2 is 2.15 bits per heavy atom. The van der Waals surface area contributed by atoms with E-state index >= 15 is 0 Å². The zero-order valence-corrected chi connectivity index (χ0v) is 15.3. The molecular formula is C21H24N2O3. The maximum absolute atomic E-state index is 11.9. The summed E-state index contributed by atoms with van der Waals surface area (Å²) in [5, 5.41) is 6.67. The molecule has 26 heavy (non-hydrogen) atoms. The Morgan fingerprint density at radius 3 is 2.88 bits per heavy atom. The summed E-state index contributed by atoms with van der Waals surface area (Å²) in [5.41, 5.74) is 2.92. The van der Waals surface area contributed by atoms with Gasteiger partial charge in [0, 0.05) is 12.0 Å². The molecule has 0 fully saturated rings. The quantitative estimate of drug-likeness (QED) is 0.585. The van der Waals surface area contributed by atoms with Gasteiger partial charge < -0.3 is 14.6 Å². The molecule has 0 bridgehead atoms. The Bertz CT molecular complexity index is 793. The van der Waals surface area contributed by atoms with Gasteiger partial charge in [0.2, 0.25) is 5.91 Å². The molecule has 0 aliphatic heterocycles. The van der Waals surface area contributed by atoms with E-state index in [9.17, 15) is 4.79 Å². The normalized spacial score (nSPS) is 9.92. The molecule has 1 aromatic carbocycles. The average Bonchev–Trinajstić information content (AvgIpc) is 2.95. The van der Waals surface area contributed by atoms with E-state index in [2.05, 4.69) is 28.9 Å². The van der Waals surface area contributed by atoms with Gasteiger partial charge in [0.05, 0.1) is 12.2 Å². The Balaban J connectivity index is 1.69. The van der Waals surface area contributed by atoms with E-state index < -0.39 is 0 Å². The molecule has 0 spiro atoms. The second-order valence-electron chi connectivity index (χ2n) is 5.82. The van der Waals surface area contributed by atoms with Gasteiger partial charge in [0.15, 0.2) is 0 Å².